The third-order valence-corrected chi connectivity index (χ3v) is 5.17. The summed E-state index contributed by atoms with van der Waals surface area (Å²) in [6.45, 7) is 5.99. The molecule has 0 bridgehead atoms. The molecule has 0 heterocycles. The van der Waals surface area contributed by atoms with Gasteiger partial charge in [-0.05, 0) is 25.3 Å². The molecular weight excluding hydrogens is 320 g/mol. The number of carbonyl (C=O) groups is 1. The number of aliphatic carboxylic acids is 1. The number of benzene rings is 1. The molecular formula is C20H32O5. The quantitative estimate of drug-likeness (QED) is 0.587. The minimum Gasteiger partial charge on any atom is -0.496 e. The Labute approximate surface area is 151 Å². The van der Waals surface area contributed by atoms with Crippen LogP contribution in [0.2, 0.25) is 0 Å². The first-order valence-electron chi connectivity index (χ1n) is 8.94. The normalized spacial score (nSPS) is 14.5. The molecule has 0 amide bonds. The van der Waals surface area contributed by atoms with Gasteiger partial charge in [0.25, 0.3) is 0 Å². The first-order chi connectivity index (χ1) is 11.9. The third-order valence-electron chi connectivity index (χ3n) is 5.17. The maximum absolute atomic E-state index is 12.3. The molecule has 2 atom stereocenters. The SMILES string of the molecule is CCCCCC(CC)C(C)(C(=O)O)c1cc(OC)c(OC)cc1OC. The molecule has 0 spiro atoms. The monoisotopic (exact) mass is 352 g/mol. The average molecular weight is 352 g/mol. The van der Waals surface area contributed by atoms with Crippen LogP contribution >= 0.6 is 0 Å². The summed E-state index contributed by atoms with van der Waals surface area (Å²) < 4.78 is 16.2. The van der Waals surface area contributed by atoms with Gasteiger partial charge in [0.05, 0.1) is 26.7 Å². The largest absolute Gasteiger partial charge is 0.496 e. The van der Waals surface area contributed by atoms with Gasteiger partial charge in [0.2, 0.25) is 0 Å². The second kappa shape index (κ2) is 9.54. The third kappa shape index (κ3) is 4.39. The first kappa shape index (κ1) is 21.1. The van der Waals surface area contributed by atoms with Gasteiger partial charge < -0.3 is 19.3 Å². The molecule has 2 unspecified atom stereocenters. The molecule has 5 nitrogen and oxygen atoms in total. The molecule has 0 aliphatic carbocycles. The van der Waals surface area contributed by atoms with Crippen LogP contribution < -0.4 is 14.2 Å². The maximum Gasteiger partial charge on any atom is 0.314 e. The highest BCUT2D eigenvalue weighted by Crippen LogP contribution is 2.46. The fourth-order valence-corrected chi connectivity index (χ4v) is 3.49. The lowest BCUT2D eigenvalue weighted by Crippen LogP contribution is -2.40. The lowest BCUT2D eigenvalue weighted by atomic mass is 9.68. The molecule has 0 aliphatic rings. The van der Waals surface area contributed by atoms with E-state index < -0.39 is 11.4 Å². The molecule has 0 fully saturated rings. The summed E-state index contributed by atoms with van der Waals surface area (Å²) >= 11 is 0. The summed E-state index contributed by atoms with van der Waals surface area (Å²) in [7, 11) is 4.64. The highest BCUT2D eigenvalue weighted by atomic mass is 16.5. The topological polar surface area (TPSA) is 65.0 Å². The number of methoxy groups -OCH3 is 3. The Morgan fingerprint density at radius 3 is 2.04 bits per heavy atom. The minimum absolute atomic E-state index is 0.00329. The van der Waals surface area contributed by atoms with Gasteiger partial charge in [-0.2, -0.15) is 0 Å². The van der Waals surface area contributed by atoms with Crippen molar-refractivity contribution in [2.24, 2.45) is 5.92 Å². The molecule has 1 aromatic rings. The summed E-state index contributed by atoms with van der Waals surface area (Å²) in [5, 5.41) is 10.1. The van der Waals surface area contributed by atoms with E-state index in [1.54, 1.807) is 40.4 Å². The van der Waals surface area contributed by atoms with Gasteiger partial charge in [0.15, 0.2) is 11.5 Å². The van der Waals surface area contributed by atoms with Crippen molar-refractivity contribution in [2.75, 3.05) is 21.3 Å². The molecule has 0 aliphatic heterocycles. The molecule has 0 radical (unpaired) electrons. The fourth-order valence-electron chi connectivity index (χ4n) is 3.49. The van der Waals surface area contributed by atoms with E-state index in [4.69, 9.17) is 14.2 Å². The van der Waals surface area contributed by atoms with Crippen LogP contribution in [-0.4, -0.2) is 32.4 Å². The Morgan fingerprint density at radius 1 is 1.04 bits per heavy atom. The maximum atomic E-state index is 12.3. The smallest absolute Gasteiger partial charge is 0.314 e. The summed E-state index contributed by atoms with van der Waals surface area (Å²) in [6.07, 6.45) is 4.89. The minimum atomic E-state index is -1.06. The van der Waals surface area contributed by atoms with Crippen LogP contribution in [0.25, 0.3) is 0 Å². The van der Waals surface area contributed by atoms with Gasteiger partial charge in [0, 0.05) is 11.6 Å². The zero-order chi connectivity index (χ0) is 19.0. The van der Waals surface area contributed by atoms with E-state index >= 15 is 0 Å². The van der Waals surface area contributed by atoms with Gasteiger partial charge >= 0.3 is 5.97 Å². The number of unbranched alkanes of at least 4 members (excludes halogenated alkanes) is 2. The Morgan fingerprint density at radius 2 is 1.60 bits per heavy atom. The lowest BCUT2D eigenvalue weighted by molar-refractivity contribution is -0.145. The number of rotatable bonds is 11. The summed E-state index contributed by atoms with van der Waals surface area (Å²) in [4.78, 5) is 12.3. The van der Waals surface area contributed by atoms with Crippen LogP contribution in [0.4, 0.5) is 0 Å². The van der Waals surface area contributed by atoms with Gasteiger partial charge in [-0.15, -0.1) is 0 Å². The highest BCUT2D eigenvalue weighted by Gasteiger charge is 2.44. The second-order valence-corrected chi connectivity index (χ2v) is 6.52. The van der Waals surface area contributed by atoms with Crippen LogP contribution in [0.1, 0.15) is 58.4 Å². The van der Waals surface area contributed by atoms with Crippen LogP contribution in [0.5, 0.6) is 17.2 Å². The molecule has 1 rings (SSSR count). The van der Waals surface area contributed by atoms with Crippen molar-refractivity contribution in [1.29, 1.82) is 0 Å². The Kier molecular flexibility index (Phi) is 8.07. The Balaban J connectivity index is 3.48. The summed E-state index contributed by atoms with van der Waals surface area (Å²) in [6, 6.07) is 3.45. The highest BCUT2D eigenvalue weighted by molar-refractivity contribution is 5.83. The van der Waals surface area contributed by atoms with E-state index in [1.165, 1.54) is 0 Å². The van der Waals surface area contributed by atoms with Crippen molar-refractivity contribution in [3.05, 3.63) is 17.7 Å². The van der Waals surface area contributed by atoms with E-state index in [1.807, 2.05) is 6.92 Å². The van der Waals surface area contributed by atoms with Crippen molar-refractivity contribution in [3.63, 3.8) is 0 Å². The zero-order valence-electron chi connectivity index (χ0n) is 16.3. The molecule has 1 aromatic carbocycles. The second-order valence-electron chi connectivity index (χ2n) is 6.52. The van der Waals surface area contributed by atoms with Crippen LogP contribution in [0, 0.1) is 5.92 Å². The van der Waals surface area contributed by atoms with E-state index in [0.717, 1.165) is 32.1 Å². The number of carboxylic acid groups (broad SMARTS) is 1. The molecule has 25 heavy (non-hydrogen) atoms. The number of hydrogen-bond acceptors (Lipinski definition) is 4. The predicted molar refractivity (Wildman–Crippen MR) is 99.0 cm³/mol. The van der Waals surface area contributed by atoms with E-state index in [0.29, 0.717) is 22.8 Å². The lowest BCUT2D eigenvalue weighted by Gasteiger charge is -2.35. The molecule has 0 aromatic heterocycles. The van der Waals surface area contributed by atoms with Crippen molar-refractivity contribution >= 4 is 5.97 Å². The predicted octanol–water partition coefficient (Wildman–Crippen LogP) is 4.66. The van der Waals surface area contributed by atoms with E-state index in [-0.39, 0.29) is 5.92 Å². The molecule has 0 saturated carbocycles. The standard InChI is InChI=1S/C20H32O5/c1-7-9-10-11-14(8-2)20(3,19(21)22)15-12-17(24-5)18(25-6)13-16(15)23-4/h12-14H,7-11H2,1-6H3,(H,21,22). The first-order valence-corrected chi connectivity index (χ1v) is 8.94. The fraction of sp³-hybridized carbons (Fsp3) is 0.650. The summed E-state index contributed by atoms with van der Waals surface area (Å²) in [5.41, 5.74) is -0.434. The van der Waals surface area contributed by atoms with E-state index in [2.05, 4.69) is 6.92 Å². The van der Waals surface area contributed by atoms with Crippen molar-refractivity contribution < 1.29 is 24.1 Å². The van der Waals surface area contributed by atoms with Gasteiger partial charge in [-0.25, -0.2) is 0 Å². The number of carboxylic acids is 1. The summed E-state index contributed by atoms with van der Waals surface area (Å²) in [5.74, 6) is 0.700. The van der Waals surface area contributed by atoms with Crippen LogP contribution in [0.15, 0.2) is 12.1 Å². The van der Waals surface area contributed by atoms with Crippen LogP contribution in [0.3, 0.4) is 0 Å². The zero-order valence-corrected chi connectivity index (χ0v) is 16.3. The van der Waals surface area contributed by atoms with Crippen molar-refractivity contribution in [3.8, 4) is 17.2 Å². The Bertz CT molecular complexity index is 569. The Hall–Kier alpha value is -1.91. The van der Waals surface area contributed by atoms with Gasteiger partial charge in [-0.1, -0.05) is 39.5 Å². The molecule has 1 N–H and O–H groups in total. The van der Waals surface area contributed by atoms with Gasteiger partial charge in [0.1, 0.15) is 5.75 Å². The van der Waals surface area contributed by atoms with E-state index in [9.17, 15) is 9.90 Å². The number of ether oxygens (including phenoxy) is 3. The van der Waals surface area contributed by atoms with Crippen LogP contribution in [-0.2, 0) is 10.2 Å². The van der Waals surface area contributed by atoms with Gasteiger partial charge in [-0.3, -0.25) is 4.79 Å². The van der Waals surface area contributed by atoms with Crippen molar-refractivity contribution in [1.82, 2.24) is 0 Å². The number of hydrogen-bond donors (Lipinski definition) is 1. The molecule has 142 valence electrons. The molecule has 0 saturated heterocycles. The molecule has 5 heteroatoms. The average Bonchev–Trinajstić information content (AvgIpc) is 2.63. The van der Waals surface area contributed by atoms with Crippen molar-refractivity contribution in [2.45, 2.75) is 58.3 Å².